The standard InChI is InChI=1S/C29H31N5O/c1-4-33-16-18-34(19-17-33)23-10-8-22(9-11-23)32-29(35)25-13-12-24(27-28(25)31-15-14-30-27)26-20(2)6-5-7-21(26)3/h5-15H,4,16-19H2,1-3H3,(H,32,35). The van der Waals surface area contributed by atoms with Gasteiger partial charge >= 0.3 is 0 Å². The van der Waals surface area contributed by atoms with Gasteiger partial charge in [-0.3, -0.25) is 14.8 Å². The number of nitrogens with one attached hydrogen (secondary N) is 1. The van der Waals surface area contributed by atoms with Crippen molar-refractivity contribution in [3.8, 4) is 11.1 Å². The maximum absolute atomic E-state index is 13.3. The molecule has 1 aliphatic rings. The van der Waals surface area contributed by atoms with E-state index in [1.54, 1.807) is 12.4 Å². The van der Waals surface area contributed by atoms with E-state index >= 15 is 0 Å². The van der Waals surface area contributed by atoms with Gasteiger partial charge in [0.25, 0.3) is 5.91 Å². The zero-order valence-corrected chi connectivity index (χ0v) is 20.6. The Morgan fingerprint density at radius 1 is 0.857 bits per heavy atom. The van der Waals surface area contributed by atoms with Crippen LogP contribution in [0.15, 0.2) is 67.0 Å². The summed E-state index contributed by atoms with van der Waals surface area (Å²) < 4.78 is 0. The van der Waals surface area contributed by atoms with Gasteiger partial charge in [0.15, 0.2) is 0 Å². The Hall–Kier alpha value is -3.77. The summed E-state index contributed by atoms with van der Waals surface area (Å²) in [6.45, 7) is 11.7. The molecule has 4 aromatic rings. The number of rotatable bonds is 5. The van der Waals surface area contributed by atoms with E-state index in [0.717, 1.165) is 55.1 Å². The van der Waals surface area contributed by atoms with Crippen LogP contribution >= 0.6 is 0 Å². The second-order valence-corrected chi connectivity index (χ2v) is 9.10. The van der Waals surface area contributed by atoms with Gasteiger partial charge in [-0.2, -0.15) is 0 Å². The molecule has 1 amide bonds. The molecule has 1 aliphatic heterocycles. The lowest BCUT2D eigenvalue weighted by atomic mass is 9.93. The minimum Gasteiger partial charge on any atom is -0.369 e. The van der Waals surface area contributed by atoms with Gasteiger partial charge in [0.1, 0.15) is 5.52 Å². The number of carbonyl (C=O) groups excluding carboxylic acids is 1. The van der Waals surface area contributed by atoms with Crippen LogP contribution in [0.2, 0.25) is 0 Å². The highest BCUT2D eigenvalue weighted by molar-refractivity contribution is 6.13. The molecule has 0 spiro atoms. The van der Waals surface area contributed by atoms with Crippen molar-refractivity contribution in [2.75, 3.05) is 42.9 Å². The van der Waals surface area contributed by atoms with Gasteiger partial charge in [-0.1, -0.05) is 31.2 Å². The SMILES string of the molecule is CCN1CCN(c2ccc(NC(=O)c3ccc(-c4c(C)cccc4C)c4nccnc34)cc2)CC1. The Labute approximate surface area is 206 Å². The molecule has 178 valence electrons. The molecule has 1 N–H and O–H groups in total. The molecule has 0 aliphatic carbocycles. The van der Waals surface area contributed by atoms with Gasteiger partial charge in [-0.15, -0.1) is 0 Å². The number of piperazine rings is 1. The van der Waals surface area contributed by atoms with Crippen LogP contribution in [0.5, 0.6) is 0 Å². The predicted octanol–water partition coefficient (Wildman–Crippen LogP) is 5.31. The first kappa shape index (κ1) is 23.0. The molecule has 0 saturated carbocycles. The summed E-state index contributed by atoms with van der Waals surface area (Å²) in [6.07, 6.45) is 3.32. The largest absolute Gasteiger partial charge is 0.369 e. The number of likely N-dealkylation sites (N-methyl/N-ethyl adjacent to an activating group) is 1. The molecular weight excluding hydrogens is 434 g/mol. The zero-order valence-electron chi connectivity index (χ0n) is 20.6. The Balaban J connectivity index is 1.39. The lowest BCUT2D eigenvalue weighted by molar-refractivity contribution is 0.102. The quantitative estimate of drug-likeness (QED) is 0.433. The fourth-order valence-corrected chi connectivity index (χ4v) is 4.96. The first-order chi connectivity index (χ1) is 17.0. The van der Waals surface area contributed by atoms with Crippen LogP contribution in [0.3, 0.4) is 0 Å². The molecule has 0 atom stereocenters. The van der Waals surface area contributed by atoms with E-state index in [-0.39, 0.29) is 5.91 Å². The van der Waals surface area contributed by atoms with E-state index in [9.17, 15) is 4.79 Å². The summed E-state index contributed by atoms with van der Waals surface area (Å²) in [5.74, 6) is -0.187. The third-order valence-corrected chi connectivity index (χ3v) is 6.93. The molecule has 1 aromatic heterocycles. The number of amides is 1. The lowest BCUT2D eigenvalue weighted by Gasteiger charge is -2.35. The summed E-state index contributed by atoms with van der Waals surface area (Å²) in [4.78, 5) is 27.3. The number of hydrogen-bond acceptors (Lipinski definition) is 5. The minimum absolute atomic E-state index is 0.187. The first-order valence-electron chi connectivity index (χ1n) is 12.2. The van der Waals surface area contributed by atoms with Crippen LogP contribution in [-0.2, 0) is 0 Å². The third-order valence-electron chi connectivity index (χ3n) is 6.93. The van der Waals surface area contributed by atoms with E-state index < -0.39 is 0 Å². The van der Waals surface area contributed by atoms with Crippen molar-refractivity contribution in [3.63, 3.8) is 0 Å². The van der Waals surface area contributed by atoms with E-state index in [4.69, 9.17) is 0 Å². The maximum atomic E-state index is 13.3. The third kappa shape index (κ3) is 4.62. The second kappa shape index (κ2) is 9.84. The Bertz CT molecular complexity index is 1340. The number of anilines is 2. The highest BCUT2D eigenvalue weighted by Crippen LogP contribution is 2.33. The molecule has 6 heteroatoms. The Kier molecular flexibility index (Phi) is 6.47. The lowest BCUT2D eigenvalue weighted by Crippen LogP contribution is -2.46. The Morgan fingerprint density at radius 3 is 2.17 bits per heavy atom. The van der Waals surface area contributed by atoms with Gasteiger partial charge in [0.05, 0.1) is 11.1 Å². The number of hydrogen-bond donors (Lipinski definition) is 1. The highest BCUT2D eigenvalue weighted by Gasteiger charge is 2.19. The number of aryl methyl sites for hydroxylation is 2. The van der Waals surface area contributed by atoms with Crippen LogP contribution < -0.4 is 10.2 Å². The van der Waals surface area contributed by atoms with Crippen molar-refractivity contribution in [1.82, 2.24) is 14.9 Å². The van der Waals surface area contributed by atoms with Gasteiger partial charge in [0.2, 0.25) is 0 Å². The van der Waals surface area contributed by atoms with Crippen LogP contribution in [0.25, 0.3) is 22.2 Å². The summed E-state index contributed by atoms with van der Waals surface area (Å²) >= 11 is 0. The molecule has 2 heterocycles. The minimum atomic E-state index is -0.187. The molecule has 0 radical (unpaired) electrons. The summed E-state index contributed by atoms with van der Waals surface area (Å²) in [6, 6.07) is 18.2. The fourth-order valence-electron chi connectivity index (χ4n) is 4.96. The number of carbonyl (C=O) groups is 1. The van der Waals surface area contributed by atoms with Crippen molar-refractivity contribution in [3.05, 3.63) is 83.7 Å². The average Bonchev–Trinajstić information content (AvgIpc) is 2.89. The van der Waals surface area contributed by atoms with Crippen molar-refractivity contribution in [2.45, 2.75) is 20.8 Å². The fraction of sp³-hybridized carbons (Fsp3) is 0.276. The number of nitrogens with zero attached hydrogens (tertiary/aromatic N) is 4. The predicted molar refractivity (Wildman–Crippen MR) is 143 cm³/mol. The van der Waals surface area contributed by atoms with Crippen molar-refractivity contribution in [2.24, 2.45) is 0 Å². The number of aromatic nitrogens is 2. The molecule has 3 aromatic carbocycles. The van der Waals surface area contributed by atoms with Gasteiger partial charge in [-0.25, -0.2) is 0 Å². The van der Waals surface area contributed by atoms with Gasteiger partial charge in [-0.05, 0) is 67.4 Å². The number of benzene rings is 3. The van der Waals surface area contributed by atoms with Crippen molar-refractivity contribution in [1.29, 1.82) is 0 Å². The molecule has 5 rings (SSSR count). The zero-order chi connectivity index (χ0) is 24.4. The van der Waals surface area contributed by atoms with Crippen molar-refractivity contribution >= 4 is 28.3 Å². The molecule has 0 unspecified atom stereocenters. The first-order valence-corrected chi connectivity index (χ1v) is 12.2. The summed E-state index contributed by atoms with van der Waals surface area (Å²) in [7, 11) is 0. The molecule has 1 fully saturated rings. The number of fused-ring (bicyclic) bond motifs is 1. The van der Waals surface area contributed by atoms with Gasteiger partial charge in [0, 0.05) is 55.5 Å². The van der Waals surface area contributed by atoms with Gasteiger partial charge < -0.3 is 15.1 Å². The van der Waals surface area contributed by atoms with E-state index in [2.05, 4.69) is 76.2 Å². The van der Waals surface area contributed by atoms with Crippen molar-refractivity contribution < 1.29 is 4.79 Å². The molecule has 1 saturated heterocycles. The summed E-state index contributed by atoms with van der Waals surface area (Å²) in [5.41, 5.74) is 8.29. The topological polar surface area (TPSA) is 61.4 Å². The smallest absolute Gasteiger partial charge is 0.257 e. The van der Waals surface area contributed by atoms with Crippen LogP contribution in [0.4, 0.5) is 11.4 Å². The maximum Gasteiger partial charge on any atom is 0.257 e. The van der Waals surface area contributed by atoms with Crippen LogP contribution in [0, 0.1) is 13.8 Å². The van der Waals surface area contributed by atoms with E-state index in [1.165, 1.54) is 16.8 Å². The highest BCUT2D eigenvalue weighted by atomic mass is 16.1. The van der Waals surface area contributed by atoms with E-state index in [1.807, 2.05) is 24.3 Å². The van der Waals surface area contributed by atoms with E-state index in [0.29, 0.717) is 11.1 Å². The normalized spacial score (nSPS) is 14.3. The molecule has 6 nitrogen and oxygen atoms in total. The van der Waals surface area contributed by atoms with Crippen LogP contribution in [-0.4, -0.2) is 53.5 Å². The van der Waals surface area contributed by atoms with Crippen LogP contribution in [0.1, 0.15) is 28.4 Å². The Morgan fingerprint density at radius 2 is 1.51 bits per heavy atom. The average molecular weight is 466 g/mol. The molecule has 35 heavy (non-hydrogen) atoms. The summed E-state index contributed by atoms with van der Waals surface area (Å²) in [5, 5.41) is 3.05. The second-order valence-electron chi connectivity index (χ2n) is 9.10. The molecular formula is C29H31N5O. The molecule has 0 bridgehead atoms. The monoisotopic (exact) mass is 465 g/mol.